The Morgan fingerprint density at radius 3 is 2.75 bits per heavy atom. The van der Waals surface area contributed by atoms with E-state index in [9.17, 15) is 14.9 Å². The lowest BCUT2D eigenvalue weighted by molar-refractivity contribution is -0.167. The molecular weight excluding hydrogens is 306 g/mol. The van der Waals surface area contributed by atoms with Crippen LogP contribution in [0.15, 0.2) is 42.5 Å². The summed E-state index contributed by atoms with van der Waals surface area (Å²) in [7, 11) is 0. The minimum absolute atomic E-state index is 0.139. The van der Waals surface area contributed by atoms with Crippen molar-refractivity contribution in [2.24, 2.45) is 17.3 Å². The second-order valence-electron chi connectivity index (χ2n) is 6.61. The van der Waals surface area contributed by atoms with Crippen LogP contribution in [0.2, 0.25) is 0 Å². The summed E-state index contributed by atoms with van der Waals surface area (Å²) in [5, 5.41) is 9.98. The lowest BCUT2D eigenvalue weighted by Crippen LogP contribution is -2.43. The zero-order valence-electron chi connectivity index (χ0n) is 13.1. The van der Waals surface area contributed by atoms with E-state index in [4.69, 9.17) is 9.47 Å². The monoisotopic (exact) mass is 323 g/mol. The van der Waals surface area contributed by atoms with Gasteiger partial charge < -0.3 is 9.47 Å². The Balaban J connectivity index is 1.71. The molecule has 0 unspecified atom stereocenters. The van der Waals surface area contributed by atoms with Crippen molar-refractivity contribution in [3.05, 3.63) is 48.0 Å². The fourth-order valence-corrected chi connectivity index (χ4v) is 4.34. The van der Waals surface area contributed by atoms with Crippen molar-refractivity contribution < 1.29 is 19.1 Å². The van der Waals surface area contributed by atoms with Crippen molar-refractivity contribution in [1.29, 1.82) is 5.26 Å². The number of rotatable bonds is 3. The van der Waals surface area contributed by atoms with Crippen LogP contribution in [-0.4, -0.2) is 24.6 Å². The smallest absolute Gasteiger partial charge is 0.347 e. The molecule has 1 aliphatic heterocycles. The van der Waals surface area contributed by atoms with E-state index in [2.05, 4.69) is 12.1 Å². The molecule has 0 amide bonds. The highest BCUT2D eigenvalue weighted by molar-refractivity contribution is 5.87. The third kappa shape index (κ3) is 1.99. The number of cyclic esters (lactones) is 1. The first-order valence-electron chi connectivity index (χ1n) is 8.19. The molecule has 5 atom stereocenters. The van der Waals surface area contributed by atoms with Crippen LogP contribution in [0, 0.1) is 28.6 Å². The van der Waals surface area contributed by atoms with Gasteiger partial charge in [-0.15, -0.1) is 0 Å². The largest absolute Gasteiger partial charge is 0.463 e. The molecular formula is C19H17NO4. The molecule has 1 aromatic rings. The Morgan fingerprint density at radius 2 is 2.08 bits per heavy atom. The molecule has 2 bridgehead atoms. The van der Waals surface area contributed by atoms with Crippen LogP contribution in [0.3, 0.4) is 0 Å². The molecule has 1 aromatic carbocycles. The lowest BCUT2D eigenvalue weighted by atomic mass is 9.66. The van der Waals surface area contributed by atoms with Crippen LogP contribution in [-0.2, 0) is 19.1 Å². The molecule has 4 rings (SSSR count). The topological polar surface area (TPSA) is 76.4 Å². The number of esters is 2. The molecule has 5 nitrogen and oxygen atoms in total. The van der Waals surface area contributed by atoms with E-state index in [1.54, 1.807) is 0 Å². The van der Waals surface area contributed by atoms with Gasteiger partial charge in [0, 0.05) is 18.3 Å². The van der Waals surface area contributed by atoms with E-state index in [1.807, 2.05) is 36.4 Å². The van der Waals surface area contributed by atoms with E-state index in [1.165, 1.54) is 0 Å². The highest BCUT2D eigenvalue weighted by Gasteiger charge is 2.63. The maximum Gasteiger partial charge on any atom is 0.347 e. The molecule has 1 heterocycles. The number of nitriles is 1. The third-order valence-corrected chi connectivity index (χ3v) is 5.44. The molecule has 0 radical (unpaired) electrons. The van der Waals surface area contributed by atoms with Gasteiger partial charge in [-0.1, -0.05) is 42.5 Å². The number of nitrogens with zero attached hydrogens (tertiary/aromatic N) is 1. The zero-order chi connectivity index (χ0) is 16.7. The first kappa shape index (κ1) is 14.9. The van der Waals surface area contributed by atoms with Gasteiger partial charge in [0.1, 0.15) is 0 Å². The third-order valence-electron chi connectivity index (χ3n) is 5.44. The summed E-state index contributed by atoms with van der Waals surface area (Å²) in [5.74, 6) is -1.41. The molecule has 1 saturated heterocycles. The van der Waals surface area contributed by atoms with E-state index < -0.39 is 23.5 Å². The normalized spacial score (nSPS) is 36.4. The second kappa shape index (κ2) is 5.48. The summed E-state index contributed by atoms with van der Waals surface area (Å²) in [5.41, 5.74) is -0.314. The quantitative estimate of drug-likeness (QED) is 0.630. The lowest BCUT2D eigenvalue weighted by Gasteiger charge is -2.34. The fraction of sp³-hybridized carbons (Fsp3) is 0.421. The molecule has 24 heavy (non-hydrogen) atoms. The van der Waals surface area contributed by atoms with Gasteiger partial charge in [0.25, 0.3) is 0 Å². The molecule has 0 aromatic heterocycles. The van der Waals surface area contributed by atoms with Crippen LogP contribution in [0.5, 0.6) is 0 Å². The summed E-state index contributed by atoms with van der Waals surface area (Å²) in [6, 6.07) is 11.9. The predicted octanol–water partition coefficient (Wildman–Crippen LogP) is 2.34. The highest BCUT2D eigenvalue weighted by atomic mass is 16.6. The van der Waals surface area contributed by atoms with Crippen molar-refractivity contribution in [3.8, 4) is 6.07 Å². The Labute approximate surface area is 139 Å². The number of allylic oxidation sites excluding steroid dienone is 2. The van der Waals surface area contributed by atoms with E-state index in [0.29, 0.717) is 6.42 Å². The molecule has 2 aliphatic carbocycles. The van der Waals surface area contributed by atoms with Gasteiger partial charge in [-0.05, 0) is 17.9 Å². The SMILES string of the molecule is N#C[C@]1(C(=O)O[C@@H]2CCOC2=O)[C@H](c2ccccc2)[C@@H]2C=C[C@H]1C2. The van der Waals surface area contributed by atoms with Gasteiger partial charge in [0.05, 0.1) is 12.7 Å². The molecule has 122 valence electrons. The van der Waals surface area contributed by atoms with Gasteiger partial charge in [-0.25, -0.2) is 4.79 Å². The number of carbonyl (C=O) groups is 2. The van der Waals surface area contributed by atoms with Gasteiger partial charge in [-0.2, -0.15) is 5.26 Å². The fourth-order valence-electron chi connectivity index (χ4n) is 4.34. The average molecular weight is 323 g/mol. The number of benzene rings is 1. The number of carbonyl (C=O) groups excluding carboxylic acids is 2. The standard InChI is InChI=1S/C19H17NO4/c20-11-19(18(22)24-15-8-9-23-17(15)21)14-7-6-13(10-14)16(19)12-4-2-1-3-5-12/h1-7,13-16H,8-10H2/t13-,14+,15-,16-,19-/m1/s1. The van der Waals surface area contributed by atoms with Crippen LogP contribution in [0.25, 0.3) is 0 Å². The maximum atomic E-state index is 13.0. The van der Waals surface area contributed by atoms with Gasteiger partial charge in [0.2, 0.25) is 6.10 Å². The van der Waals surface area contributed by atoms with E-state index in [-0.39, 0.29) is 24.4 Å². The van der Waals surface area contributed by atoms with Crippen molar-refractivity contribution in [3.63, 3.8) is 0 Å². The van der Waals surface area contributed by atoms with Crippen LogP contribution >= 0.6 is 0 Å². The molecule has 0 N–H and O–H groups in total. The molecule has 3 aliphatic rings. The van der Waals surface area contributed by atoms with Crippen molar-refractivity contribution in [1.82, 2.24) is 0 Å². The van der Waals surface area contributed by atoms with Gasteiger partial charge in [0.15, 0.2) is 5.41 Å². The first-order chi connectivity index (χ1) is 11.7. The van der Waals surface area contributed by atoms with E-state index in [0.717, 1.165) is 12.0 Å². The van der Waals surface area contributed by atoms with E-state index >= 15 is 0 Å². The van der Waals surface area contributed by atoms with Gasteiger partial charge >= 0.3 is 11.9 Å². The van der Waals surface area contributed by atoms with Crippen LogP contribution < -0.4 is 0 Å². The van der Waals surface area contributed by atoms with Crippen LogP contribution in [0.1, 0.15) is 24.3 Å². The summed E-state index contributed by atoms with van der Waals surface area (Å²) in [6.07, 6.45) is 4.27. The Kier molecular flexibility index (Phi) is 3.42. The Bertz CT molecular complexity index is 750. The van der Waals surface area contributed by atoms with Crippen molar-refractivity contribution in [2.75, 3.05) is 6.61 Å². The summed E-state index contributed by atoms with van der Waals surface area (Å²) < 4.78 is 10.3. The number of fused-ring (bicyclic) bond motifs is 2. The van der Waals surface area contributed by atoms with Gasteiger partial charge in [-0.3, -0.25) is 4.79 Å². The predicted molar refractivity (Wildman–Crippen MR) is 83.4 cm³/mol. The Morgan fingerprint density at radius 1 is 1.29 bits per heavy atom. The minimum atomic E-state index is -1.27. The van der Waals surface area contributed by atoms with Crippen molar-refractivity contribution in [2.45, 2.75) is 24.9 Å². The minimum Gasteiger partial charge on any atom is -0.463 e. The molecule has 2 fully saturated rings. The number of hydrogen-bond donors (Lipinski definition) is 0. The number of hydrogen-bond acceptors (Lipinski definition) is 5. The summed E-state index contributed by atoms with van der Waals surface area (Å²) in [4.78, 5) is 24.6. The maximum absolute atomic E-state index is 13.0. The average Bonchev–Trinajstić information content (AvgIpc) is 3.31. The van der Waals surface area contributed by atoms with Crippen molar-refractivity contribution >= 4 is 11.9 Å². The molecule has 0 spiro atoms. The highest BCUT2D eigenvalue weighted by Crippen LogP contribution is 2.61. The number of ether oxygens (including phenoxy) is 2. The second-order valence-corrected chi connectivity index (χ2v) is 6.61. The molecule has 5 heteroatoms. The summed E-state index contributed by atoms with van der Waals surface area (Å²) in [6.45, 7) is 0.254. The summed E-state index contributed by atoms with van der Waals surface area (Å²) >= 11 is 0. The molecule has 1 saturated carbocycles. The van der Waals surface area contributed by atoms with Crippen LogP contribution in [0.4, 0.5) is 0 Å². The zero-order valence-corrected chi connectivity index (χ0v) is 13.1. The Hall–Kier alpha value is -2.61. The first-order valence-corrected chi connectivity index (χ1v) is 8.19.